The van der Waals surface area contributed by atoms with E-state index < -0.39 is 0 Å². The number of carbonyl (C=O) groups excluding carboxylic acids is 1. The van der Waals surface area contributed by atoms with Crippen LogP contribution in [-0.2, 0) is 11.2 Å². The third-order valence-corrected chi connectivity index (χ3v) is 7.36. The van der Waals surface area contributed by atoms with Crippen molar-refractivity contribution < 1.29 is 4.79 Å². The number of hydrogen-bond acceptors (Lipinski definition) is 3. The van der Waals surface area contributed by atoms with Gasteiger partial charge in [-0.3, -0.25) is 4.79 Å². The topological polar surface area (TPSA) is 55.1 Å². The summed E-state index contributed by atoms with van der Waals surface area (Å²) in [6.45, 7) is 4.39. The predicted octanol–water partition coefficient (Wildman–Crippen LogP) is 4.32. The van der Waals surface area contributed by atoms with Crippen LogP contribution in [0.1, 0.15) is 63.5 Å². The van der Waals surface area contributed by atoms with Crippen LogP contribution in [0.3, 0.4) is 0 Å². The minimum atomic E-state index is -0.0704. The molecule has 0 radical (unpaired) electrons. The summed E-state index contributed by atoms with van der Waals surface area (Å²) in [5.41, 5.74) is 10.1. The molecule has 4 aliphatic carbocycles. The minimum absolute atomic E-state index is 0.0611. The number of nitrogen functional groups attached to an aromatic ring is 1. The minimum Gasteiger partial charge on any atom is -0.399 e. The summed E-state index contributed by atoms with van der Waals surface area (Å²) in [6.07, 6.45) is 10.4. The molecule has 1 aromatic carbocycles. The first kappa shape index (κ1) is 16.4. The molecule has 4 bridgehead atoms. The van der Waals surface area contributed by atoms with Gasteiger partial charge in [0, 0.05) is 34.0 Å². The summed E-state index contributed by atoms with van der Waals surface area (Å²) in [5.74, 6) is 2.77. The molecule has 0 amide bonds. The van der Waals surface area contributed by atoms with Gasteiger partial charge in [0.15, 0.2) is 5.78 Å². The van der Waals surface area contributed by atoms with Crippen LogP contribution in [0.15, 0.2) is 24.3 Å². The Morgan fingerprint density at radius 3 is 2.35 bits per heavy atom. The van der Waals surface area contributed by atoms with Crippen LogP contribution in [0.2, 0.25) is 0 Å². The van der Waals surface area contributed by atoms with E-state index in [1.165, 1.54) is 24.8 Å². The van der Waals surface area contributed by atoms with Gasteiger partial charge in [0.1, 0.15) is 0 Å². The van der Waals surface area contributed by atoms with Gasteiger partial charge in [0.2, 0.25) is 0 Å². The molecule has 0 atom stereocenters. The number of rotatable bonds is 2. The molecule has 4 saturated carbocycles. The van der Waals surface area contributed by atoms with Crippen LogP contribution < -0.4 is 11.1 Å². The monoisotopic (exact) mass is 350 g/mol. The van der Waals surface area contributed by atoms with Gasteiger partial charge < -0.3 is 11.1 Å². The van der Waals surface area contributed by atoms with E-state index in [2.05, 4.69) is 31.3 Å². The molecule has 0 aromatic heterocycles. The zero-order valence-electron chi connectivity index (χ0n) is 16.0. The fourth-order valence-electron chi connectivity index (χ4n) is 6.79. The van der Waals surface area contributed by atoms with Gasteiger partial charge in [-0.15, -0.1) is 0 Å². The van der Waals surface area contributed by atoms with E-state index in [-0.39, 0.29) is 11.0 Å². The normalized spacial score (nSPS) is 38.1. The zero-order chi connectivity index (χ0) is 18.1. The zero-order valence-corrected chi connectivity index (χ0v) is 16.0. The predicted molar refractivity (Wildman–Crippen MR) is 105 cm³/mol. The second-order valence-electron chi connectivity index (χ2n) is 10.2. The Balaban J connectivity index is 1.51. The average molecular weight is 351 g/mol. The van der Waals surface area contributed by atoms with Crippen LogP contribution in [0.5, 0.6) is 0 Å². The lowest BCUT2D eigenvalue weighted by atomic mass is 9.48. The number of carbonyl (C=O) groups is 1. The van der Waals surface area contributed by atoms with Gasteiger partial charge in [-0.1, -0.05) is 6.07 Å². The Kier molecular flexibility index (Phi) is 3.39. The Morgan fingerprint density at radius 2 is 1.73 bits per heavy atom. The first-order chi connectivity index (χ1) is 12.3. The molecule has 0 spiro atoms. The SMILES string of the molecule is CC1(C)Cc2cc(N)ccc2/C(=C/C(=O)C23CC4CC(CC(C4)C2)C3)N1. The van der Waals surface area contributed by atoms with Crippen molar-refractivity contribution in [2.24, 2.45) is 23.2 Å². The molecule has 1 aromatic rings. The highest BCUT2D eigenvalue weighted by Gasteiger charge is 2.53. The lowest BCUT2D eigenvalue weighted by molar-refractivity contribution is -0.138. The summed E-state index contributed by atoms with van der Waals surface area (Å²) in [4.78, 5) is 13.5. The number of fused-ring (bicyclic) bond motifs is 1. The van der Waals surface area contributed by atoms with Crippen LogP contribution in [0.4, 0.5) is 5.69 Å². The van der Waals surface area contributed by atoms with E-state index in [0.29, 0.717) is 5.78 Å². The first-order valence-corrected chi connectivity index (χ1v) is 10.3. The molecule has 3 N–H and O–H groups in total. The van der Waals surface area contributed by atoms with Crippen LogP contribution >= 0.6 is 0 Å². The Hall–Kier alpha value is -1.77. The van der Waals surface area contributed by atoms with Gasteiger partial charge in [-0.2, -0.15) is 0 Å². The van der Waals surface area contributed by atoms with E-state index in [0.717, 1.165) is 60.4 Å². The quantitative estimate of drug-likeness (QED) is 0.617. The Labute approximate surface area is 156 Å². The number of hydrogen-bond donors (Lipinski definition) is 2. The third-order valence-electron chi connectivity index (χ3n) is 7.36. The number of nitrogens with one attached hydrogen (secondary N) is 1. The number of allylic oxidation sites excluding steroid dienone is 1. The number of nitrogens with two attached hydrogens (primary N) is 1. The second kappa shape index (κ2) is 5.37. The van der Waals surface area contributed by atoms with Gasteiger partial charge >= 0.3 is 0 Å². The molecule has 0 unspecified atom stereocenters. The van der Waals surface area contributed by atoms with Gasteiger partial charge in [-0.25, -0.2) is 0 Å². The molecule has 1 aliphatic heterocycles. The standard InChI is InChI=1S/C23H30N2O/c1-22(2)13-17-8-18(24)3-4-19(17)20(25-22)9-21(26)23-10-14-5-15(11-23)7-16(6-14)12-23/h3-4,8-9,14-16,25H,5-7,10-13,24H2,1-2H3/b20-9-. The van der Waals surface area contributed by atoms with E-state index in [1.807, 2.05) is 12.1 Å². The van der Waals surface area contributed by atoms with Crippen LogP contribution in [0.25, 0.3) is 5.70 Å². The number of ketones is 1. The molecule has 1 heterocycles. The lowest BCUT2D eigenvalue weighted by Gasteiger charge is -2.55. The van der Waals surface area contributed by atoms with Crippen molar-refractivity contribution in [1.82, 2.24) is 5.32 Å². The fraction of sp³-hybridized carbons (Fsp3) is 0.609. The van der Waals surface area contributed by atoms with E-state index in [9.17, 15) is 4.79 Å². The molecular formula is C23H30N2O. The van der Waals surface area contributed by atoms with Gasteiger partial charge in [-0.05, 0) is 94.2 Å². The smallest absolute Gasteiger partial charge is 0.163 e. The maximum Gasteiger partial charge on any atom is 0.163 e. The van der Waals surface area contributed by atoms with Crippen LogP contribution in [0, 0.1) is 23.2 Å². The van der Waals surface area contributed by atoms with Crippen molar-refractivity contribution >= 4 is 17.2 Å². The fourth-order valence-corrected chi connectivity index (χ4v) is 6.79. The maximum atomic E-state index is 13.5. The molecule has 3 nitrogen and oxygen atoms in total. The maximum absolute atomic E-state index is 13.5. The highest BCUT2D eigenvalue weighted by molar-refractivity contribution is 6.01. The molecule has 3 heteroatoms. The second-order valence-corrected chi connectivity index (χ2v) is 10.2. The first-order valence-electron chi connectivity index (χ1n) is 10.3. The van der Waals surface area contributed by atoms with E-state index >= 15 is 0 Å². The summed E-state index contributed by atoms with van der Waals surface area (Å²) in [6, 6.07) is 6.09. The largest absolute Gasteiger partial charge is 0.399 e. The van der Waals surface area contributed by atoms with Crippen molar-refractivity contribution in [3.05, 3.63) is 35.4 Å². The highest BCUT2D eigenvalue weighted by Crippen LogP contribution is 2.60. The molecular weight excluding hydrogens is 320 g/mol. The summed E-state index contributed by atoms with van der Waals surface area (Å²) in [5, 5.41) is 3.63. The molecule has 26 heavy (non-hydrogen) atoms. The summed E-state index contributed by atoms with van der Waals surface area (Å²) in [7, 11) is 0. The lowest BCUT2D eigenvalue weighted by Crippen LogP contribution is -2.50. The number of benzene rings is 1. The summed E-state index contributed by atoms with van der Waals surface area (Å²) < 4.78 is 0. The molecule has 0 saturated heterocycles. The van der Waals surface area contributed by atoms with Crippen molar-refractivity contribution in [3.63, 3.8) is 0 Å². The van der Waals surface area contributed by atoms with Crippen molar-refractivity contribution in [3.8, 4) is 0 Å². The van der Waals surface area contributed by atoms with Gasteiger partial charge in [0.25, 0.3) is 0 Å². The molecule has 138 valence electrons. The Bertz CT molecular complexity index is 769. The van der Waals surface area contributed by atoms with Crippen molar-refractivity contribution in [1.29, 1.82) is 0 Å². The van der Waals surface area contributed by atoms with E-state index in [1.54, 1.807) is 0 Å². The van der Waals surface area contributed by atoms with Gasteiger partial charge in [0.05, 0.1) is 0 Å². The summed E-state index contributed by atoms with van der Waals surface area (Å²) >= 11 is 0. The van der Waals surface area contributed by atoms with Crippen molar-refractivity contribution in [2.45, 2.75) is 64.3 Å². The highest BCUT2D eigenvalue weighted by atomic mass is 16.1. The molecule has 4 fully saturated rings. The number of anilines is 1. The third kappa shape index (κ3) is 2.59. The molecule has 6 rings (SSSR count). The Morgan fingerprint density at radius 1 is 1.12 bits per heavy atom. The van der Waals surface area contributed by atoms with E-state index in [4.69, 9.17) is 5.73 Å². The molecule has 5 aliphatic rings. The average Bonchev–Trinajstić information content (AvgIpc) is 2.51. The van der Waals surface area contributed by atoms with Crippen molar-refractivity contribution in [2.75, 3.05) is 5.73 Å². The van der Waals surface area contributed by atoms with Crippen LogP contribution in [-0.4, -0.2) is 11.3 Å².